The van der Waals surface area contributed by atoms with Crippen LogP contribution < -0.4 is 0 Å². The van der Waals surface area contributed by atoms with E-state index in [2.05, 4.69) is 0 Å². The Morgan fingerprint density at radius 2 is 1.80 bits per heavy atom. The first kappa shape index (κ1) is 14.4. The Bertz CT molecular complexity index is 562. The molecule has 1 aliphatic rings. The van der Waals surface area contributed by atoms with Gasteiger partial charge >= 0.3 is 5.97 Å². The van der Waals surface area contributed by atoms with E-state index in [1.165, 1.54) is 0 Å². The topological polar surface area (TPSA) is 57.6 Å². The number of carbonyl (C=O) groups excluding carboxylic acids is 1. The zero-order valence-electron chi connectivity index (χ0n) is 10.4. The van der Waals surface area contributed by atoms with E-state index in [0.29, 0.717) is 25.0 Å². The van der Waals surface area contributed by atoms with Crippen molar-refractivity contribution in [1.29, 1.82) is 0 Å². The highest BCUT2D eigenvalue weighted by molar-refractivity contribution is 5.94. The van der Waals surface area contributed by atoms with Crippen LogP contribution in [0, 0.1) is 23.4 Å². The number of amides is 1. The second-order valence-corrected chi connectivity index (χ2v) is 4.67. The number of rotatable bonds is 2. The number of aliphatic carboxylic acids is 1. The number of carboxylic acids is 1. The minimum absolute atomic E-state index is 0.0629. The minimum atomic E-state index is -1.37. The van der Waals surface area contributed by atoms with Crippen molar-refractivity contribution in [3.05, 3.63) is 35.1 Å². The zero-order valence-corrected chi connectivity index (χ0v) is 10.4. The second-order valence-electron chi connectivity index (χ2n) is 4.67. The number of carbonyl (C=O) groups is 2. The molecule has 1 amide bonds. The van der Waals surface area contributed by atoms with Gasteiger partial charge in [0, 0.05) is 19.2 Å². The number of nitrogens with zero attached hydrogens (tertiary/aromatic N) is 1. The summed E-state index contributed by atoms with van der Waals surface area (Å²) in [7, 11) is 0. The van der Waals surface area contributed by atoms with E-state index in [1.807, 2.05) is 0 Å². The lowest BCUT2D eigenvalue weighted by molar-refractivity contribution is -0.143. The van der Waals surface area contributed by atoms with E-state index in [4.69, 9.17) is 5.11 Å². The lowest BCUT2D eigenvalue weighted by Crippen LogP contribution is -2.42. The number of hydrogen-bond donors (Lipinski definition) is 1. The molecule has 0 bridgehead atoms. The largest absolute Gasteiger partial charge is 0.481 e. The molecule has 1 saturated heterocycles. The Morgan fingerprint density at radius 1 is 1.15 bits per heavy atom. The molecule has 0 saturated carbocycles. The Labute approximate surface area is 112 Å². The highest BCUT2D eigenvalue weighted by Gasteiger charge is 2.30. The molecule has 1 N–H and O–H groups in total. The summed E-state index contributed by atoms with van der Waals surface area (Å²) in [6, 6.07) is 0.804. The second kappa shape index (κ2) is 5.52. The van der Waals surface area contributed by atoms with Gasteiger partial charge in [-0.05, 0) is 18.9 Å². The van der Waals surface area contributed by atoms with E-state index < -0.39 is 40.8 Å². The van der Waals surface area contributed by atoms with Crippen LogP contribution >= 0.6 is 0 Å². The normalized spacial score (nSPS) is 18.9. The summed E-state index contributed by atoms with van der Waals surface area (Å²) >= 11 is 0. The lowest BCUT2D eigenvalue weighted by Gasteiger charge is -2.30. The van der Waals surface area contributed by atoms with Gasteiger partial charge in [-0.3, -0.25) is 9.59 Å². The number of halogens is 3. The third kappa shape index (κ3) is 2.76. The fraction of sp³-hybridized carbons (Fsp3) is 0.385. The summed E-state index contributed by atoms with van der Waals surface area (Å²) in [6.07, 6.45) is 0.896. The van der Waals surface area contributed by atoms with Gasteiger partial charge < -0.3 is 10.0 Å². The summed E-state index contributed by atoms with van der Waals surface area (Å²) in [5, 5.41) is 8.92. The molecule has 1 aromatic carbocycles. The number of carboxylic acid groups (broad SMARTS) is 1. The third-order valence-corrected chi connectivity index (χ3v) is 3.30. The molecule has 1 unspecified atom stereocenters. The van der Waals surface area contributed by atoms with Crippen molar-refractivity contribution in [2.75, 3.05) is 13.1 Å². The van der Waals surface area contributed by atoms with Crippen LogP contribution in [0.1, 0.15) is 23.2 Å². The minimum Gasteiger partial charge on any atom is -0.481 e. The molecule has 7 heteroatoms. The first-order chi connectivity index (χ1) is 9.40. The zero-order chi connectivity index (χ0) is 14.9. The Balaban J connectivity index is 2.23. The van der Waals surface area contributed by atoms with Gasteiger partial charge in [0.05, 0.1) is 11.5 Å². The van der Waals surface area contributed by atoms with Gasteiger partial charge in [-0.2, -0.15) is 0 Å². The molecular weight excluding hydrogens is 275 g/mol. The lowest BCUT2D eigenvalue weighted by atomic mass is 9.97. The molecule has 2 rings (SSSR count). The van der Waals surface area contributed by atoms with Crippen molar-refractivity contribution in [3.63, 3.8) is 0 Å². The van der Waals surface area contributed by atoms with Crippen LogP contribution in [-0.2, 0) is 4.79 Å². The molecule has 1 aliphatic heterocycles. The van der Waals surface area contributed by atoms with Crippen molar-refractivity contribution in [2.24, 2.45) is 5.92 Å². The summed E-state index contributed by atoms with van der Waals surface area (Å²) in [6.45, 7) is 0.202. The van der Waals surface area contributed by atoms with Crippen molar-refractivity contribution >= 4 is 11.9 Å². The molecule has 108 valence electrons. The van der Waals surface area contributed by atoms with Gasteiger partial charge in [0.15, 0.2) is 11.6 Å². The SMILES string of the molecule is O=C(O)C1CCCN(C(=O)c2cc(F)c(F)cc2F)C1. The third-order valence-electron chi connectivity index (χ3n) is 3.30. The van der Waals surface area contributed by atoms with E-state index >= 15 is 0 Å². The molecular formula is C13H12F3NO3. The van der Waals surface area contributed by atoms with Crippen molar-refractivity contribution in [3.8, 4) is 0 Å². The van der Waals surface area contributed by atoms with Gasteiger partial charge in [0.1, 0.15) is 5.82 Å². The average molecular weight is 287 g/mol. The molecule has 1 fully saturated rings. The molecule has 1 atom stereocenters. The van der Waals surface area contributed by atoms with Crippen molar-refractivity contribution < 1.29 is 27.9 Å². The summed E-state index contributed by atoms with van der Waals surface area (Å²) in [4.78, 5) is 24.1. The predicted octanol–water partition coefficient (Wildman–Crippen LogP) is 2.04. The maximum Gasteiger partial charge on any atom is 0.308 e. The van der Waals surface area contributed by atoms with Crippen LogP contribution in [0.5, 0.6) is 0 Å². The van der Waals surface area contributed by atoms with Gasteiger partial charge in [-0.1, -0.05) is 0 Å². The van der Waals surface area contributed by atoms with E-state index in [-0.39, 0.29) is 13.1 Å². The fourth-order valence-electron chi connectivity index (χ4n) is 2.22. The molecule has 0 radical (unpaired) electrons. The monoisotopic (exact) mass is 287 g/mol. The maximum atomic E-state index is 13.5. The Morgan fingerprint density at radius 3 is 2.45 bits per heavy atom. The van der Waals surface area contributed by atoms with Gasteiger partial charge in [-0.15, -0.1) is 0 Å². The molecule has 4 nitrogen and oxygen atoms in total. The van der Waals surface area contributed by atoms with Crippen LogP contribution in [0.15, 0.2) is 12.1 Å². The number of likely N-dealkylation sites (tertiary alicyclic amines) is 1. The van der Waals surface area contributed by atoms with Crippen LogP contribution in [0.3, 0.4) is 0 Å². The number of benzene rings is 1. The molecule has 0 aliphatic carbocycles. The van der Waals surface area contributed by atoms with Gasteiger partial charge in [0.2, 0.25) is 0 Å². The van der Waals surface area contributed by atoms with Crippen LogP contribution in [0.2, 0.25) is 0 Å². The highest BCUT2D eigenvalue weighted by atomic mass is 19.2. The van der Waals surface area contributed by atoms with Crippen molar-refractivity contribution in [1.82, 2.24) is 4.90 Å². The van der Waals surface area contributed by atoms with E-state index in [9.17, 15) is 22.8 Å². The number of piperidine rings is 1. The smallest absolute Gasteiger partial charge is 0.308 e. The fourth-order valence-corrected chi connectivity index (χ4v) is 2.22. The molecule has 1 heterocycles. The maximum absolute atomic E-state index is 13.5. The predicted molar refractivity (Wildman–Crippen MR) is 62.6 cm³/mol. The average Bonchev–Trinajstić information content (AvgIpc) is 2.42. The van der Waals surface area contributed by atoms with Crippen LogP contribution in [-0.4, -0.2) is 35.0 Å². The summed E-state index contributed by atoms with van der Waals surface area (Å²) < 4.78 is 39.4. The quantitative estimate of drug-likeness (QED) is 0.847. The van der Waals surface area contributed by atoms with Gasteiger partial charge in [-0.25, -0.2) is 13.2 Å². The van der Waals surface area contributed by atoms with Crippen LogP contribution in [0.4, 0.5) is 13.2 Å². The van der Waals surface area contributed by atoms with Crippen molar-refractivity contribution in [2.45, 2.75) is 12.8 Å². The standard InChI is InChI=1S/C13H12F3NO3/c14-9-5-11(16)10(15)4-8(9)12(18)17-3-1-2-7(6-17)13(19)20/h4-5,7H,1-3,6H2,(H,19,20). The number of hydrogen-bond acceptors (Lipinski definition) is 2. The van der Waals surface area contributed by atoms with E-state index in [1.54, 1.807) is 0 Å². The molecule has 1 aromatic rings. The van der Waals surface area contributed by atoms with Gasteiger partial charge in [0.25, 0.3) is 5.91 Å². The Hall–Kier alpha value is -2.05. The molecule has 0 spiro atoms. The summed E-state index contributed by atoms with van der Waals surface area (Å²) in [5.41, 5.74) is -0.588. The summed E-state index contributed by atoms with van der Waals surface area (Å²) in [5.74, 6) is -6.43. The first-order valence-corrected chi connectivity index (χ1v) is 6.06. The first-order valence-electron chi connectivity index (χ1n) is 6.06. The van der Waals surface area contributed by atoms with Crippen LogP contribution in [0.25, 0.3) is 0 Å². The Kier molecular flexibility index (Phi) is 3.96. The molecule has 20 heavy (non-hydrogen) atoms. The van der Waals surface area contributed by atoms with E-state index in [0.717, 1.165) is 4.90 Å². The highest BCUT2D eigenvalue weighted by Crippen LogP contribution is 2.21. The molecule has 0 aromatic heterocycles.